The summed E-state index contributed by atoms with van der Waals surface area (Å²) in [7, 11) is 0. The van der Waals surface area contributed by atoms with Crippen molar-refractivity contribution in [1.29, 1.82) is 0 Å². The van der Waals surface area contributed by atoms with E-state index in [1.165, 1.54) is 0 Å². The van der Waals surface area contributed by atoms with Crippen molar-refractivity contribution in [2.24, 2.45) is 0 Å². The van der Waals surface area contributed by atoms with E-state index in [1.54, 1.807) is 30.3 Å². The maximum atomic E-state index is 12.7. The molecule has 0 heterocycles. The van der Waals surface area contributed by atoms with Gasteiger partial charge in [0.05, 0.1) is 0 Å². The van der Waals surface area contributed by atoms with E-state index in [0.717, 1.165) is 5.56 Å². The Bertz CT molecular complexity index is 474. The van der Waals surface area contributed by atoms with Gasteiger partial charge in [0.1, 0.15) is 12.6 Å². The fraction of sp³-hybridized carbons (Fsp3) is 0.429. The zero-order chi connectivity index (χ0) is 15.9. The number of nitrogens with one attached hydrogen (secondary N) is 1. The number of halogens is 2. The molecular weight excluding hydrogens is 284 g/mol. The predicted octanol–water partition coefficient (Wildman–Crippen LogP) is 2.80. The van der Waals surface area contributed by atoms with E-state index in [-0.39, 0.29) is 13.0 Å². The number of amides is 1. The number of carbonyl (C=O) groups is 2. The quantitative estimate of drug-likeness (QED) is 0.812. The molecule has 0 aliphatic carbocycles. The average molecular weight is 301 g/mol. The molecule has 0 bridgehead atoms. The second-order valence-electron chi connectivity index (χ2n) is 4.71. The van der Waals surface area contributed by atoms with Gasteiger partial charge in [0.25, 0.3) is 0 Å². The molecule has 1 aromatic carbocycles. The topological polar surface area (TPSA) is 75.6 Å². The third kappa shape index (κ3) is 7.24. The Labute approximate surface area is 120 Å². The Morgan fingerprint density at radius 2 is 1.95 bits per heavy atom. The summed E-state index contributed by atoms with van der Waals surface area (Å²) in [6.07, 6.45) is -1.96. The van der Waals surface area contributed by atoms with Crippen LogP contribution >= 0.6 is 0 Å². The predicted molar refractivity (Wildman–Crippen MR) is 71.0 cm³/mol. The van der Waals surface area contributed by atoms with Crippen LogP contribution in [-0.2, 0) is 16.1 Å². The Kier molecular flexibility index (Phi) is 6.08. The number of hydrogen-bond donors (Lipinski definition) is 2. The lowest BCUT2D eigenvalue weighted by molar-refractivity contribution is -0.139. The number of benzene rings is 1. The van der Waals surface area contributed by atoms with Crippen molar-refractivity contribution in [1.82, 2.24) is 5.32 Å². The van der Waals surface area contributed by atoms with Crippen LogP contribution in [0.4, 0.5) is 13.6 Å². The Balaban J connectivity index is 2.43. The van der Waals surface area contributed by atoms with Crippen LogP contribution in [0.15, 0.2) is 30.3 Å². The van der Waals surface area contributed by atoms with Gasteiger partial charge in [-0.05, 0) is 18.9 Å². The van der Waals surface area contributed by atoms with E-state index in [4.69, 9.17) is 9.84 Å². The summed E-state index contributed by atoms with van der Waals surface area (Å²) in [6, 6.07) is 7.40. The van der Waals surface area contributed by atoms with Gasteiger partial charge in [0, 0.05) is 6.42 Å². The minimum atomic E-state index is -2.98. The Morgan fingerprint density at radius 1 is 1.33 bits per heavy atom. The summed E-state index contributed by atoms with van der Waals surface area (Å²) >= 11 is 0. The first kappa shape index (κ1) is 16.9. The van der Waals surface area contributed by atoms with Gasteiger partial charge in [-0.2, -0.15) is 0 Å². The molecule has 0 aromatic heterocycles. The summed E-state index contributed by atoms with van der Waals surface area (Å²) in [5.74, 6) is -4.36. The van der Waals surface area contributed by atoms with Crippen molar-refractivity contribution >= 4 is 12.1 Å². The Morgan fingerprint density at radius 3 is 2.48 bits per heavy atom. The van der Waals surface area contributed by atoms with Gasteiger partial charge in [-0.1, -0.05) is 30.3 Å². The largest absolute Gasteiger partial charge is 0.480 e. The Hall–Kier alpha value is -2.18. The summed E-state index contributed by atoms with van der Waals surface area (Å²) in [5.41, 5.74) is 0.736. The fourth-order valence-corrected chi connectivity index (χ4v) is 1.56. The molecule has 116 valence electrons. The van der Waals surface area contributed by atoms with Crippen molar-refractivity contribution in [2.75, 3.05) is 0 Å². The molecule has 7 heteroatoms. The van der Waals surface area contributed by atoms with Crippen LogP contribution in [0.2, 0.25) is 0 Å². The highest BCUT2D eigenvalue weighted by Crippen LogP contribution is 2.19. The van der Waals surface area contributed by atoms with Gasteiger partial charge in [0.2, 0.25) is 5.92 Å². The van der Waals surface area contributed by atoms with Crippen LogP contribution in [0, 0.1) is 0 Å². The van der Waals surface area contributed by atoms with E-state index >= 15 is 0 Å². The lowest BCUT2D eigenvalue weighted by atomic mass is 10.1. The number of alkyl carbamates (subject to hydrolysis) is 1. The number of carbonyl (C=O) groups excluding carboxylic acids is 1. The molecule has 1 amide bonds. The minimum Gasteiger partial charge on any atom is -0.480 e. The maximum absolute atomic E-state index is 12.7. The number of rotatable bonds is 7. The SMILES string of the molecule is CC(F)(F)CCC(NC(=O)OCc1ccccc1)C(=O)O. The van der Waals surface area contributed by atoms with Gasteiger partial charge in [-0.25, -0.2) is 18.4 Å². The molecule has 0 fully saturated rings. The van der Waals surface area contributed by atoms with Gasteiger partial charge in [0.15, 0.2) is 0 Å². The van der Waals surface area contributed by atoms with Gasteiger partial charge in [-0.3, -0.25) is 0 Å². The zero-order valence-electron chi connectivity index (χ0n) is 11.5. The molecule has 0 radical (unpaired) electrons. The highest BCUT2D eigenvalue weighted by atomic mass is 19.3. The lowest BCUT2D eigenvalue weighted by Crippen LogP contribution is -2.41. The van der Waals surface area contributed by atoms with Gasteiger partial charge < -0.3 is 15.2 Å². The van der Waals surface area contributed by atoms with Crippen LogP contribution in [0.3, 0.4) is 0 Å². The van der Waals surface area contributed by atoms with E-state index in [1.807, 2.05) is 0 Å². The van der Waals surface area contributed by atoms with Crippen molar-refractivity contribution < 1.29 is 28.2 Å². The molecule has 1 aromatic rings. The molecule has 0 aliphatic heterocycles. The summed E-state index contributed by atoms with van der Waals surface area (Å²) in [4.78, 5) is 22.4. The summed E-state index contributed by atoms with van der Waals surface area (Å²) in [6.45, 7) is 0.669. The number of alkyl halides is 2. The first-order valence-corrected chi connectivity index (χ1v) is 6.36. The van der Waals surface area contributed by atoms with Crippen molar-refractivity contribution in [3.63, 3.8) is 0 Å². The minimum absolute atomic E-state index is 0.0249. The van der Waals surface area contributed by atoms with E-state index in [9.17, 15) is 18.4 Å². The van der Waals surface area contributed by atoms with Crippen LogP contribution in [0.5, 0.6) is 0 Å². The number of ether oxygens (including phenoxy) is 1. The molecular formula is C14H17F2NO4. The number of carboxylic acids is 1. The van der Waals surface area contributed by atoms with Crippen molar-refractivity contribution in [3.05, 3.63) is 35.9 Å². The van der Waals surface area contributed by atoms with E-state index in [2.05, 4.69) is 5.32 Å². The van der Waals surface area contributed by atoms with Crippen molar-refractivity contribution in [2.45, 2.75) is 38.3 Å². The van der Waals surface area contributed by atoms with Crippen molar-refractivity contribution in [3.8, 4) is 0 Å². The first-order valence-electron chi connectivity index (χ1n) is 6.36. The normalized spacial score (nSPS) is 12.5. The molecule has 2 N–H and O–H groups in total. The average Bonchev–Trinajstić information content (AvgIpc) is 2.41. The molecule has 0 aliphatic rings. The standard InChI is InChI=1S/C14H17F2NO4/c1-14(15,16)8-7-11(12(18)19)17-13(20)21-9-10-5-3-2-4-6-10/h2-6,11H,7-9H2,1H3,(H,17,20)(H,18,19). The fourth-order valence-electron chi connectivity index (χ4n) is 1.56. The second kappa shape index (κ2) is 7.56. The lowest BCUT2D eigenvalue weighted by Gasteiger charge is -2.16. The summed E-state index contributed by atoms with van der Waals surface area (Å²) < 4.78 is 30.3. The van der Waals surface area contributed by atoms with Crippen LogP contribution in [-0.4, -0.2) is 29.1 Å². The smallest absolute Gasteiger partial charge is 0.408 e. The molecule has 1 unspecified atom stereocenters. The molecule has 5 nitrogen and oxygen atoms in total. The molecule has 1 rings (SSSR count). The third-order valence-corrected chi connectivity index (χ3v) is 2.67. The monoisotopic (exact) mass is 301 g/mol. The summed E-state index contributed by atoms with van der Waals surface area (Å²) in [5, 5.41) is 11.0. The maximum Gasteiger partial charge on any atom is 0.408 e. The van der Waals surface area contributed by atoms with E-state index < -0.39 is 30.4 Å². The molecule has 21 heavy (non-hydrogen) atoms. The van der Waals surface area contributed by atoms with Gasteiger partial charge >= 0.3 is 12.1 Å². The van der Waals surface area contributed by atoms with Gasteiger partial charge in [-0.15, -0.1) is 0 Å². The van der Waals surface area contributed by atoms with Crippen LogP contribution < -0.4 is 5.32 Å². The number of aliphatic carboxylic acids is 1. The van der Waals surface area contributed by atoms with Crippen LogP contribution in [0.25, 0.3) is 0 Å². The zero-order valence-corrected chi connectivity index (χ0v) is 11.5. The highest BCUT2D eigenvalue weighted by Gasteiger charge is 2.27. The third-order valence-electron chi connectivity index (χ3n) is 2.67. The van der Waals surface area contributed by atoms with Crippen LogP contribution in [0.1, 0.15) is 25.3 Å². The molecule has 0 saturated heterocycles. The molecule has 0 saturated carbocycles. The molecule has 1 atom stereocenters. The molecule has 0 spiro atoms. The number of carboxylic acid groups (broad SMARTS) is 1. The van der Waals surface area contributed by atoms with E-state index in [0.29, 0.717) is 6.92 Å². The first-order chi connectivity index (χ1) is 9.78. The number of hydrogen-bond acceptors (Lipinski definition) is 3. The highest BCUT2D eigenvalue weighted by molar-refractivity contribution is 5.79. The second-order valence-corrected chi connectivity index (χ2v) is 4.71.